The van der Waals surface area contributed by atoms with Crippen molar-refractivity contribution in [3.05, 3.63) is 23.2 Å². The fourth-order valence-corrected chi connectivity index (χ4v) is 2.95. The van der Waals surface area contributed by atoms with E-state index in [0.29, 0.717) is 6.54 Å². The molecule has 0 aliphatic carbocycles. The maximum Gasteiger partial charge on any atom is 0.435 e. The van der Waals surface area contributed by atoms with Gasteiger partial charge in [-0.1, -0.05) is 13.8 Å². The molecule has 5 nitrogen and oxygen atoms in total. The summed E-state index contributed by atoms with van der Waals surface area (Å²) >= 11 is 0. The number of carbonyl (C=O) groups is 1. The van der Waals surface area contributed by atoms with E-state index in [0.717, 1.165) is 0 Å². The molecule has 1 aliphatic heterocycles. The van der Waals surface area contributed by atoms with Crippen LogP contribution in [0.3, 0.4) is 0 Å². The van der Waals surface area contributed by atoms with Crippen LogP contribution in [-0.2, 0) is 16.4 Å². The van der Waals surface area contributed by atoms with Gasteiger partial charge in [0.2, 0.25) is 0 Å². The molecule has 2 N–H and O–H groups in total. The number of carbonyl (C=O) groups excluding carboxylic acids is 1. The SMILES string of the molecule is CC(C)NC(=O)C1=CN(C)CC(C)(C)c2c(C(F)(F)F)n[nH]c21. The third kappa shape index (κ3) is 3.35. The highest BCUT2D eigenvalue weighted by molar-refractivity contribution is 6.19. The number of amides is 1. The average molecular weight is 330 g/mol. The van der Waals surface area contributed by atoms with Gasteiger partial charge in [-0.2, -0.15) is 18.3 Å². The number of hydrogen-bond donors (Lipinski definition) is 2. The average Bonchev–Trinajstić information content (AvgIpc) is 2.75. The van der Waals surface area contributed by atoms with Gasteiger partial charge in [-0.3, -0.25) is 9.89 Å². The van der Waals surface area contributed by atoms with Crippen molar-refractivity contribution < 1.29 is 18.0 Å². The van der Waals surface area contributed by atoms with Crippen LogP contribution in [0.4, 0.5) is 13.2 Å². The van der Waals surface area contributed by atoms with E-state index in [1.807, 2.05) is 0 Å². The maximum absolute atomic E-state index is 13.3. The van der Waals surface area contributed by atoms with Gasteiger partial charge in [-0.05, 0) is 13.8 Å². The first kappa shape index (κ1) is 17.4. The van der Waals surface area contributed by atoms with Crippen LogP contribution in [0, 0.1) is 0 Å². The summed E-state index contributed by atoms with van der Waals surface area (Å²) in [7, 11) is 1.73. The van der Waals surface area contributed by atoms with E-state index in [1.165, 1.54) is 0 Å². The highest BCUT2D eigenvalue weighted by atomic mass is 19.4. The van der Waals surface area contributed by atoms with Crippen LogP contribution >= 0.6 is 0 Å². The second-order valence-electron chi connectivity index (χ2n) is 6.79. The molecular weight excluding hydrogens is 309 g/mol. The smallest absolute Gasteiger partial charge is 0.379 e. The zero-order chi connectivity index (χ0) is 17.6. The van der Waals surface area contributed by atoms with Gasteiger partial charge in [0.25, 0.3) is 5.91 Å². The number of hydrogen-bond acceptors (Lipinski definition) is 3. The maximum atomic E-state index is 13.3. The van der Waals surface area contributed by atoms with Gasteiger partial charge in [-0.25, -0.2) is 0 Å². The second-order valence-corrected chi connectivity index (χ2v) is 6.79. The molecule has 0 radical (unpaired) electrons. The van der Waals surface area contributed by atoms with Crippen molar-refractivity contribution in [2.24, 2.45) is 0 Å². The van der Waals surface area contributed by atoms with Gasteiger partial charge in [0, 0.05) is 36.8 Å². The lowest BCUT2D eigenvalue weighted by Crippen LogP contribution is -2.32. The van der Waals surface area contributed by atoms with E-state index in [4.69, 9.17) is 0 Å². The summed E-state index contributed by atoms with van der Waals surface area (Å²) in [4.78, 5) is 14.1. The highest BCUT2D eigenvalue weighted by Gasteiger charge is 2.45. The standard InChI is InChI=1S/C15H21F3N4O/c1-8(2)19-13(23)9-6-22(5)7-14(3,4)10-11(9)20-21-12(10)15(16,17)18/h6,8H,7H2,1-5H3,(H,19,23)(H,20,21). The molecule has 0 bridgehead atoms. The Kier molecular flexibility index (Phi) is 4.21. The molecule has 2 rings (SSSR count). The fraction of sp³-hybridized carbons (Fsp3) is 0.600. The van der Waals surface area contributed by atoms with Gasteiger partial charge in [0.15, 0.2) is 5.69 Å². The van der Waals surface area contributed by atoms with E-state index < -0.39 is 23.2 Å². The van der Waals surface area contributed by atoms with Crippen molar-refractivity contribution in [1.29, 1.82) is 0 Å². The number of nitrogens with zero attached hydrogens (tertiary/aromatic N) is 2. The topological polar surface area (TPSA) is 61.0 Å². The molecule has 0 saturated carbocycles. The number of halogens is 3. The van der Waals surface area contributed by atoms with Crippen LogP contribution in [0.2, 0.25) is 0 Å². The van der Waals surface area contributed by atoms with E-state index in [2.05, 4.69) is 15.5 Å². The molecular formula is C15H21F3N4O. The first-order chi connectivity index (χ1) is 10.4. The Hall–Kier alpha value is -1.99. The van der Waals surface area contributed by atoms with Crippen LogP contribution in [0.5, 0.6) is 0 Å². The number of rotatable bonds is 2. The van der Waals surface area contributed by atoms with E-state index >= 15 is 0 Å². The minimum Gasteiger partial charge on any atom is -0.379 e. The Labute approximate surface area is 132 Å². The lowest BCUT2D eigenvalue weighted by molar-refractivity contribution is -0.142. The number of likely N-dealkylation sites (N-methyl/N-ethyl adjacent to an activating group) is 1. The summed E-state index contributed by atoms with van der Waals surface area (Å²) in [6.07, 6.45) is -3.02. The van der Waals surface area contributed by atoms with Crippen molar-refractivity contribution in [2.45, 2.75) is 45.3 Å². The van der Waals surface area contributed by atoms with Crippen molar-refractivity contribution in [3.8, 4) is 0 Å². The summed E-state index contributed by atoms with van der Waals surface area (Å²) in [5.74, 6) is -0.428. The Morgan fingerprint density at radius 1 is 1.43 bits per heavy atom. The quantitative estimate of drug-likeness (QED) is 0.876. The second kappa shape index (κ2) is 5.58. The van der Waals surface area contributed by atoms with E-state index in [9.17, 15) is 18.0 Å². The molecule has 0 saturated heterocycles. The number of fused-ring (bicyclic) bond motifs is 1. The molecule has 0 unspecified atom stereocenters. The Balaban J connectivity index is 2.64. The third-order valence-electron chi connectivity index (χ3n) is 3.64. The molecule has 0 fully saturated rings. The van der Waals surface area contributed by atoms with Crippen molar-refractivity contribution >= 4 is 11.5 Å². The Bertz CT molecular complexity index is 644. The summed E-state index contributed by atoms with van der Waals surface area (Å²) in [5.41, 5.74) is -1.47. The number of alkyl halides is 3. The minimum atomic E-state index is -4.58. The summed E-state index contributed by atoms with van der Waals surface area (Å²) in [6, 6.07) is -0.126. The monoisotopic (exact) mass is 330 g/mol. The number of aromatic amines is 1. The normalized spacial score (nSPS) is 17.6. The molecule has 2 heterocycles. The summed E-state index contributed by atoms with van der Waals surface area (Å²) in [6.45, 7) is 7.34. The van der Waals surface area contributed by atoms with Gasteiger partial charge < -0.3 is 10.2 Å². The lowest BCUT2D eigenvalue weighted by Gasteiger charge is -2.28. The van der Waals surface area contributed by atoms with Gasteiger partial charge in [-0.15, -0.1) is 0 Å². The van der Waals surface area contributed by atoms with Crippen LogP contribution in [0.15, 0.2) is 6.20 Å². The first-order valence-corrected chi connectivity index (χ1v) is 7.33. The summed E-state index contributed by atoms with van der Waals surface area (Å²) < 4.78 is 39.9. The largest absolute Gasteiger partial charge is 0.435 e. The van der Waals surface area contributed by atoms with Crippen LogP contribution in [0.1, 0.15) is 44.6 Å². The molecule has 128 valence electrons. The van der Waals surface area contributed by atoms with Crippen LogP contribution in [0.25, 0.3) is 5.57 Å². The molecule has 0 atom stereocenters. The van der Waals surface area contributed by atoms with Crippen LogP contribution < -0.4 is 5.32 Å². The summed E-state index contributed by atoms with van der Waals surface area (Å²) in [5, 5.41) is 8.60. The van der Waals surface area contributed by atoms with Crippen LogP contribution in [-0.4, -0.2) is 40.6 Å². The molecule has 0 aromatic carbocycles. The number of aromatic nitrogens is 2. The lowest BCUT2D eigenvalue weighted by atomic mass is 9.82. The zero-order valence-corrected chi connectivity index (χ0v) is 13.8. The molecule has 0 spiro atoms. The Morgan fingerprint density at radius 3 is 2.57 bits per heavy atom. The Morgan fingerprint density at radius 2 is 2.04 bits per heavy atom. The predicted molar refractivity (Wildman–Crippen MR) is 80.5 cm³/mol. The molecule has 1 aromatic heterocycles. The van der Waals surface area contributed by atoms with E-state index in [-0.39, 0.29) is 22.9 Å². The number of nitrogens with one attached hydrogen (secondary N) is 2. The van der Waals surface area contributed by atoms with Gasteiger partial charge in [0.1, 0.15) is 0 Å². The predicted octanol–water partition coefficient (Wildman–Crippen LogP) is 2.52. The third-order valence-corrected chi connectivity index (χ3v) is 3.64. The van der Waals surface area contributed by atoms with Crippen molar-refractivity contribution in [2.75, 3.05) is 13.6 Å². The van der Waals surface area contributed by atoms with E-state index in [1.54, 1.807) is 45.8 Å². The molecule has 8 heteroatoms. The van der Waals surface area contributed by atoms with Gasteiger partial charge >= 0.3 is 6.18 Å². The zero-order valence-electron chi connectivity index (χ0n) is 13.8. The minimum absolute atomic E-state index is 0.0273. The highest BCUT2D eigenvalue weighted by Crippen LogP contribution is 2.41. The van der Waals surface area contributed by atoms with Crippen molar-refractivity contribution in [1.82, 2.24) is 20.4 Å². The number of H-pyrrole nitrogens is 1. The molecule has 23 heavy (non-hydrogen) atoms. The van der Waals surface area contributed by atoms with Crippen molar-refractivity contribution in [3.63, 3.8) is 0 Å². The molecule has 1 aliphatic rings. The molecule has 1 amide bonds. The fourth-order valence-electron chi connectivity index (χ4n) is 2.95. The van der Waals surface area contributed by atoms with Gasteiger partial charge in [0.05, 0.1) is 11.3 Å². The first-order valence-electron chi connectivity index (χ1n) is 7.33. The molecule has 1 aromatic rings.